The van der Waals surface area contributed by atoms with Crippen LogP contribution in [0.4, 0.5) is 11.4 Å². The van der Waals surface area contributed by atoms with Crippen molar-refractivity contribution in [3.63, 3.8) is 0 Å². The highest BCUT2D eigenvalue weighted by Crippen LogP contribution is 2.55. The molecule has 0 saturated heterocycles. The molecular formula is C34H38BNO2. The minimum Gasteiger partial charge on any atom is -0.427 e. The number of nitrogens with zero attached hydrogens (tertiary/aromatic N) is 1. The van der Waals surface area contributed by atoms with Crippen molar-refractivity contribution in [2.75, 3.05) is 4.90 Å². The van der Waals surface area contributed by atoms with E-state index in [1.54, 1.807) is 13.8 Å². The highest BCUT2D eigenvalue weighted by atomic mass is 16.5. The van der Waals surface area contributed by atoms with Gasteiger partial charge in [0.25, 0.3) is 0 Å². The van der Waals surface area contributed by atoms with Crippen LogP contribution in [0.1, 0.15) is 58.7 Å². The van der Waals surface area contributed by atoms with E-state index in [1.807, 2.05) is 13.8 Å². The van der Waals surface area contributed by atoms with Crippen molar-refractivity contribution in [1.29, 1.82) is 0 Å². The molecule has 0 radical (unpaired) electrons. The SMILES string of the molecule is CC1(C)c2ccccc2N(c2ccc(-c3ccc(BOC(C)(C)C(C)(C)O)cc3)cc2)C1c1ccccc1. The van der Waals surface area contributed by atoms with Gasteiger partial charge in [-0.05, 0) is 68.1 Å². The Morgan fingerprint density at radius 2 is 1.29 bits per heavy atom. The number of anilines is 2. The van der Waals surface area contributed by atoms with Gasteiger partial charge in [0.15, 0.2) is 0 Å². The van der Waals surface area contributed by atoms with Gasteiger partial charge in [0.2, 0.25) is 0 Å². The lowest BCUT2D eigenvalue weighted by Gasteiger charge is -2.37. The summed E-state index contributed by atoms with van der Waals surface area (Å²) in [6.07, 6.45) is 0. The van der Waals surface area contributed by atoms with Gasteiger partial charge in [0.1, 0.15) is 0 Å². The molecule has 0 bridgehead atoms. The molecule has 3 nitrogen and oxygen atoms in total. The Labute approximate surface area is 228 Å². The zero-order chi connectivity index (χ0) is 27.1. The summed E-state index contributed by atoms with van der Waals surface area (Å²) >= 11 is 0. The van der Waals surface area contributed by atoms with E-state index in [0.29, 0.717) is 7.48 Å². The first-order valence-corrected chi connectivity index (χ1v) is 13.5. The lowest BCUT2D eigenvalue weighted by atomic mass is 9.77. The van der Waals surface area contributed by atoms with E-state index >= 15 is 0 Å². The van der Waals surface area contributed by atoms with Crippen molar-refractivity contribution >= 4 is 24.3 Å². The number of benzene rings is 4. The van der Waals surface area contributed by atoms with Crippen LogP contribution >= 0.6 is 0 Å². The van der Waals surface area contributed by atoms with E-state index in [-0.39, 0.29) is 11.5 Å². The predicted octanol–water partition coefficient (Wildman–Crippen LogP) is 7.07. The average Bonchev–Trinajstić information content (AvgIpc) is 3.15. The molecule has 0 fully saturated rings. The molecule has 1 atom stereocenters. The number of hydrogen-bond acceptors (Lipinski definition) is 3. The highest BCUT2D eigenvalue weighted by Gasteiger charge is 2.45. The topological polar surface area (TPSA) is 32.7 Å². The first-order chi connectivity index (χ1) is 18.0. The van der Waals surface area contributed by atoms with Gasteiger partial charge in [-0.15, -0.1) is 0 Å². The number of fused-ring (bicyclic) bond motifs is 1. The molecule has 0 amide bonds. The number of hydrogen-bond donors (Lipinski definition) is 1. The fraction of sp³-hybridized carbons (Fsp3) is 0.294. The summed E-state index contributed by atoms with van der Waals surface area (Å²) in [6, 6.07) is 37.3. The molecule has 1 N–H and O–H groups in total. The van der Waals surface area contributed by atoms with Gasteiger partial charge >= 0.3 is 7.48 Å². The summed E-state index contributed by atoms with van der Waals surface area (Å²) in [5, 5.41) is 10.4. The van der Waals surface area contributed by atoms with Gasteiger partial charge < -0.3 is 14.7 Å². The maximum Gasteiger partial charge on any atom is 0.309 e. The second-order valence-corrected chi connectivity index (χ2v) is 12.0. The first kappa shape index (κ1) is 26.3. The van der Waals surface area contributed by atoms with E-state index in [9.17, 15) is 5.11 Å². The Hall–Kier alpha value is -3.34. The van der Waals surface area contributed by atoms with Crippen molar-refractivity contribution in [3.05, 3.63) is 114 Å². The van der Waals surface area contributed by atoms with Gasteiger partial charge in [0.05, 0.1) is 17.2 Å². The standard InChI is InChI=1S/C34H38BNO2/c1-32(2)29-14-10-11-15-30(29)36(31(32)26-12-8-7-9-13-26)28-22-18-25(19-23-28)24-16-20-27(21-17-24)35-38-34(5,6)33(3,4)37/h7-23,31,35,37H,1-6H3. The molecule has 0 spiro atoms. The van der Waals surface area contributed by atoms with Crippen LogP contribution in [-0.2, 0) is 10.1 Å². The second kappa shape index (κ2) is 9.76. The smallest absolute Gasteiger partial charge is 0.309 e. The molecule has 194 valence electrons. The number of aliphatic hydroxyl groups is 1. The van der Waals surface area contributed by atoms with Gasteiger partial charge in [-0.1, -0.05) is 104 Å². The second-order valence-electron chi connectivity index (χ2n) is 12.0. The van der Waals surface area contributed by atoms with Crippen LogP contribution < -0.4 is 10.4 Å². The van der Waals surface area contributed by atoms with E-state index < -0.39 is 11.2 Å². The summed E-state index contributed by atoms with van der Waals surface area (Å²) < 4.78 is 6.03. The summed E-state index contributed by atoms with van der Waals surface area (Å²) in [5.41, 5.74) is 7.02. The molecule has 1 aliphatic heterocycles. The number of rotatable bonds is 7. The molecule has 1 unspecified atom stereocenters. The Bertz CT molecular complexity index is 1390. The summed E-state index contributed by atoms with van der Waals surface area (Å²) in [4.78, 5) is 2.50. The van der Waals surface area contributed by atoms with Gasteiger partial charge in [0, 0.05) is 16.8 Å². The van der Waals surface area contributed by atoms with Crippen molar-refractivity contribution in [2.45, 2.75) is 64.2 Å². The van der Waals surface area contributed by atoms with Crippen LogP contribution in [0, 0.1) is 0 Å². The van der Waals surface area contributed by atoms with E-state index in [0.717, 1.165) is 5.46 Å². The molecule has 0 aliphatic carbocycles. The zero-order valence-electron chi connectivity index (χ0n) is 23.4. The minimum atomic E-state index is -0.917. The van der Waals surface area contributed by atoms with Crippen LogP contribution in [0.2, 0.25) is 0 Å². The third-order valence-electron chi connectivity index (χ3n) is 8.42. The van der Waals surface area contributed by atoms with Gasteiger partial charge in [-0.3, -0.25) is 0 Å². The Morgan fingerprint density at radius 1 is 0.737 bits per heavy atom. The molecule has 1 aliphatic rings. The Morgan fingerprint density at radius 3 is 1.89 bits per heavy atom. The lowest BCUT2D eigenvalue weighted by Crippen LogP contribution is -2.49. The third-order valence-corrected chi connectivity index (χ3v) is 8.42. The van der Waals surface area contributed by atoms with Crippen LogP contribution in [0.3, 0.4) is 0 Å². The molecular weight excluding hydrogens is 465 g/mol. The summed E-state index contributed by atoms with van der Waals surface area (Å²) in [5.74, 6) is 0. The van der Waals surface area contributed by atoms with Crippen LogP contribution in [-0.4, -0.2) is 23.8 Å². The number of para-hydroxylation sites is 1. The molecule has 4 aromatic rings. The Kier molecular flexibility index (Phi) is 6.75. The van der Waals surface area contributed by atoms with Crippen molar-refractivity contribution in [1.82, 2.24) is 0 Å². The average molecular weight is 503 g/mol. The van der Waals surface area contributed by atoms with Crippen molar-refractivity contribution in [3.8, 4) is 11.1 Å². The molecule has 0 aromatic heterocycles. The van der Waals surface area contributed by atoms with Crippen LogP contribution in [0.15, 0.2) is 103 Å². The normalized spacial score (nSPS) is 16.8. The quantitative estimate of drug-likeness (QED) is 0.274. The molecule has 5 rings (SSSR count). The molecule has 1 heterocycles. The molecule has 4 aromatic carbocycles. The van der Waals surface area contributed by atoms with E-state index in [2.05, 4.69) is 122 Å². The first-order valence-electron chi connectivity index (χ1n) is 13.5. The highest BCUT2D eigenvalue weighted by molar-refractivity contribution is 6.47. The van der Waals surface area contributed by atoms with E-state index in [1.165, 1.54) is 33.6 Å². The monoisotopic (exact) mass is 503 g/mol. The summed E-state index contributed by atoms with van der Waals surface area (Å²) in [7, 11) is 0.460. The fourth-order valence-corrected chi connectivity index (χ4v) is 5.38. The van der Waals surface area contributed by atoms with Gasteiger partial charge in [-0.2, -0.15) is 0 Å². The maximum absolute atomic E-state index is 10.4. The van der Waals surface area contributed by atoms with Crippen molar-refractivity contribution < 1.29 is 9.76 Å². The minimum absolute atomic E-state index is 0.0334. The lowest BCUT2D eigenvalue weighted by molar-refractivity contribution is -0.0893. The maximum atomic E-state index is 10.4. The fourth-order valence-electron chi connectivity index (χ4n) is 5.38. The predicted molar refractivity (Wildman–Crippen MR) is 161 cm³/mol. The molecule has 4 heteroatoms. The Balaban J connectivity index is 1.40. The third kappa shape index (κ3) is 4.79. The molecule has 38 heavy (non-hydrogen) atoms. The molecule has 0 saturated carbocycles. The summed E-state index contributed by atoms with van der Waals surface area (Å²) in [6.45, 7) is 12.1. The van der Waals surface area contributed by atoms with E-state index in [4.69, 9.17) is 4.65 Å². The van der Waals surface area contributed by atoms with Crippen LogP contribution in [0.25, 0.3) is 11.1 Å². The van der Waals surface area contributed by atoms with Crippen molar-refractivity contribution in [2.24, 2.45) is 0 Å². The zero-order valence-corrected chi connectivity index (χ0v) is 23.4. The largest absolute Gasteiger partial charge is 0.427 e. The van der Waals surface area contributed by atoms with Crippen LogP contribution in [0.5, 0.6) is 0 Å². The van der Waals surface area contributed by atoms with Gasteiger partial charge in [-0.25, -0.2) is 0 Å².